The van der Waals surface area contributed by atoms with E-state index in [-0.39, 0.29) is 6.10 Å². The summed E-state index contributed by atoms with van der Waals surface area (Å²) in [6.07, 6.45) is 1.63. The number of rotatable bonds is 5. The minimum Gasteiger partial charge on any atom is -0.495 e. The number of hydrogen-bond donors (Lipinski definition) is 2. The van der Waals surface area contributed by atoms with Crippen LogP contribution in [0.4, 0.5) is 10.8 Å². The van der Waals surface area contributed by atoms with Gasteiger partial charge in [0.05, 0.1) is 25.6 Å². The largest absolute Gasteiger partial charge is 0.495 e. The Kier molecular flexibility index (Phi) is 5.27. The Morgan fingerprint density at radius 3 is 3.09 bits per heavy atom. The predicted octanol–water partition coefficient (Wildman–Crippen LogP) is 2.84. The molecule has 124 valence electrons. The van der Waals surface area contributed by atoms with Gasteiger partial charge in [-0.2, -0.15) is 0 Å². The molecule has 1 saturated heterocycles. The highest BCUT2D eigenvalue weighted by molar-refractivity contribution is 7.73. The van der Waals surface area contributed by atoms with Crippen LogP contribution in [0.15, 0.2) is 24.3 Å². The zero-order chi connectivity index (χ0) is 16.2. The van der Waals surface area contributed by atoms with Crippen LogP contribution in [0, 0.1) is 3.95 Å². The number of nitrogens with one attached hydrogen (secondary N) is 1. The van der Waals surface area contributed by atoms with E-state index in [0.717, 1.165) is 36.0 Å². The van der Waals surface area contributed by atoms with Crippen LogP contribution in [0.3, 0.4) is 0 Å². The summed E-state index contributed by atoms with van der Waals surface area (Å²) in [5.74, 6) is 0.763. The van der Waals surface area contributed by atoms with Crippen LogP contribution < -0.4 is 10.1 Å². The number of benzene rings is 1. The third-order valence-electron chi connectivity index (χ3n) is 3.77. The Bertz CT molecular complexity index is 715. The van der Waals surface area contributed by atoms with Crippen molar-refractivity contribution in [1.82, 2.24) is 14.7 Å². The first-order chi connectivity index (χ1) is 11.2. The van der Waals surface area contributed by atoms with Crippen LogP contribution in [0.1, 0.15) is 12.8 Å². The summed E-state index contributed by atoms with van der Waals surface area (Å²) in [6.45, 7) is 2.25. The molecule has 6 nitrogen and oxygen atoms in total. The fraction of sp³-hybridized carbons (Fsp3) is 0.467. The van der Waals surface area contributed by atoms with Crippen molar-refractivity contribution in [2.24, 2.45) is 0 Å². The molecule has 0 bridgehead atoms. The number of hydrogen-bond acceptors (Lipinski definition) is 7. The standard InChI is InChI=1S/C15H20N4O2S2/c1-21-13-7-3-2-6-12(13)16-14-17-19(15(22)23-14)10-18-8-4-5-11(20)9-18/h2-3,6-7,11,20H,4-5,8-10H2,1H3,(H,16,17)/t11-/m1/s1. The lowest BCUT2D eigenvalue weighted by atomic mass is 10.1. The van der Waals surface area contributed by atoms with Crippen LogP contribution in [-0.4, -0.2) is 46.1 Å². The van der Waals surface area contributed by atoms with Gasteiger partial charge in [-0.05, 0) is 37.2 Å². The molecule has 8 heteroatoms. The molecule has 2 aromatic rings. The van der Waals surface area contributed by atoms with Gasteiger partial charge in [0.1, 0.15) is 5.75 Å². The molecule has 0 unspecified atom stereocenters. The number of ether oxygens (including phenoxy) is 1. The zero-order valence-electron chi connectivity index (χ0n) is 12.9. The summed E-state index contributed by atoms with van der Waals surface area (Å²) < 4.78 is 7.85. The van der Waals surface area contributed by atoms with Crippen LogP contribution in [0.25, 0.3) is 0 Å². The van der Waals surface area contributed by atoms with Crippen molar-refractivity contribution >= 4 is 34.4 Å². The first-order valence-electron chi connectivity index (χ1n) is 7.54. The second-order valence-corrected chi connectivity index (χ2v) is 7.14. The van der Waals surface area contributed by atoms with Gasteiger partial charge in [0, 0.05) is 13.1 Å². The Labute approximate surface area is 144 Å². The molecule has 0 amide bonds. The summed E-state index contributed by atoms with van der Waals surface area (Å²) >= 11 is 6.84. The first kappa shape index (κ1) is 16.4. The van der Waals surface area contributed by atoms with Crippen molar-refractivity contribution < 1.29 is 9.84 Å². The number of piperidine rings is 1. The lowest BCUT2D eigenvalue weighted by molar-refractivity contribution is 0.0516. The average molecular weight is 352 g/mol. The van der Waals surface area contributed by atoms with E-state index in [1.54, 1.807) is 11.8 Å². The maximum absolute atomic E-state index is 9.76. The number of aliphatic hydroxyl groups excluding tert-OH is 1. The number of aromatic nitrogens is 2. The van der Waals surface area contributed by atoms with Crippen molar-refractivity contribution in [2.75, 3.05) is 25.5 Å². The molecular formula is C15H20N4O2S2. The quantitative estimate of drug-likeness (QED) is 0.807. The van der Waals surface area contributed by atoms with E-state index in [1.165, 1.54) is 11.3 Å². The Morgan fingerprint density at radius 2 is 2.30 bits per heavy atom. The number of β-amino-alcohol motifs (C(OH)–C–C–N with tert-alkyl or cyclic N) is 1. The molecule has 1 aliphatic heterocycles. The summed E-state index contributed by atoms with van der Waals surface area (Å²) in [4.78, 5) is 2.18. The normalized spacial score (nSPS) is 18.8. The maximum atomic E-state index is 9.76. The highest BCUT2D eigenvalue weighted by atomic mass is 32.1. The van der Waals surface area contributed by atoms with E-state index in [9.17, 15) is 5.11 Å². The molecule has 3 rings (SSSR count). The molecule has 1 atom stereocenters. The minimum absolute atomic E-state index is 0.247. The molecule has 0 aliphatic carbocycles. The summed E-state index contributed by atoms with van der Waals surface area (Å²) in [5, 5.41) is 18.3. The Balaban J connectivity index is 1.72. The molecule has 2 N–H and O–H groups in total. The maximum Gasteiger partial charge on any atom is 0.209 e. The number of anilines is 2. The monoisotopic (exact) mass is 352 g/mol. The van der Waals surface area contributed by atoms with Crippen molar-refractivity contribution in [2.45, 2.75) is 25.6 Å². The van der Waals surface area contributed by atoms with Gasteiger partial charge >= 0.3 is 0 Å². The van der Waals surface area contributed by atoms with Gasteiger partial charge in [-0.25, -0.2) is 4.68 Å². The molecule has 0 spiro atoms. The molecule has 1 fully saturated rings. The molecule has 1 aliphatic rings. The lowest BCUT2D eigenvalue weighted by Gasteiger charge is -2.29. The van der Waals surface area contributed by atoms with Crippen molar-refractivity contribution in [1.29, 1.82) is 0 Å². The number of likely N-dealkylation sites (tertiary alicyclic amines) is 1. The van der Waals surface area contributed by atoms with Gasteiger partial charge in [0.15, 0.2) is 3.95 Å². The van der Waals surface area contributed by atoms with Gasteiger partial charge in [-0.15, -0.1) is 5.10 Å². The van der Waals surface area contributed by atoms with Crippen molar-refractivity contribution in [3.63, 3.8) is 0 Å². The summed E-state index contributed by atoms with van der Waals surface area (Å²) in [5.41, 5.74) is 0.860. The van der Waals surface area contributed by atoms with E-state index in [1.807, 2.05) is 24.3 Å². The summed E-state index contributed by atoms with van der Waals surface area (Å²) in [6, 6.07) is 7.70. The van der Waals surface area contributed by atoms with E-state index in [0.29, 0.717) is 17.2 Å². The van der Waals surface area contributed by atoms with Gasteiger partial charge in [0.25, 0.3) is 0 Å². The Hall–Kier alpha value is -1.48. The molecule has 1 aromatic carbocycles. The number of aliphatic hydroxyl groups is 1. The molecule has 1 aromatic heterocycles. The van der Waals surface area contributed by atoms with Crippen LogP contribution in [-0.2, 0) is 6.67 Å². The van der Waals surface area contributed by atoms with E-state index in [4.69, 9.17) is 17.0 Å². The van der Waals surface area contributed by atoms with Gasteiger partial charge < -0.3 is 15.2 Å². The van der Waals surface area contributed by atoms with Gasteiger partial charge in [-0.1, -0.05) is 23.5 Å². The molecular weight excluding hydrogens is 332 g/mol. The number of para-hydroxylation sites is 2. The van der Waals surface area contributed by atoms with Crippen molar-refractivity contribution in [3.05, 3.63) is 28.2 Å². The smallest absolute Gasteiger partial charge is 0.209 e. The fourth-order valence-corrected chi connectivity index (χ4v) is 3.66. The highest BCUT2D eigenvalue weighted by Gasteiger charge is 2.18. The third-order valence-corrected chi connectivity index (χ3v) is 4.99. The molecule has 0 radical (unpaired) electrons. The molecule has 23 heavy (non-hydrogen) atoms. The zero-order valence-corrected chi connectivity index (χ0v) is 14.6. The SMILES string of the molecule is COc1ccccc1Nc1nn(CN2CCC[C@@H](O)C2)c(=S)s1. The van der Waals surface area contributed by atoms with Crippen molar-refractivity contribution in [3.8, 4) is 5.75 Å². The molecule has 0 saturated carbocycles. The second kappa shape index (κ2) is 7.39. The van der Waals surface area contributed by atoms with Crippen LogP contribution in [0.2, 0.25) is 0 Å². The first-order valence-corrected chi connectivity index (χ1v) is 8.76. The highest BCUT2D eigenvalue weighted by Crippen LogP contribution is 2.28. The van der Waals surface area contributed by atoms with Gasteiger partial charge in [0.2, 0.25) is 5.13 Å². The molecule has 2 heterocycles. The van der Waals surface area contributed by atoms with E-state index >= 15 is 0 Å². The van der Waals surface area contributed by atoms with Gasteiger partial charge in [-0.3, -0.25) is 4.90 Å². The van der Waals surface area contributed by atoms with E-state index in [2.05, 4.69) is 15.3 Å². The number of nitrogens with zero attached hydrogens (tertiary/aromatic N) is 3. The minimum atomic E-state index is -0.247. The number of methoxy groups -OCH3 is 1. The third kappa shape index (κ3) is 4.08. The lowest BCUT2D eigenvalue weighted by Crippen LogP contribution is -2.39. The average Bonchev–Trinajstić information content (AvgIpc) is 2.87. The predicted molar refractivity (Wildman–Crippen MR) is 94.0 cm³/mol. The Morgan fingerprint density at radius 1 is 1.48 bits per heavy atom. The van der Waals surface area contributed by atoms with Crippen LogP contribution in [0.5, 0.6) is 5.75 Å². The van der Waals surface area contributed by atoms with Crippen LogP contribution >= 0.6 is 23.6 Å². The van der Waals surface area contributed by atoms with E-state index < -0.39 is 0 Å². The topological polar surface area (TPSA) is 62.5 Å². The second-order valence-electron chi connectivity index (χ2n) is 5.51. The fourth-order valence-electron chi connectivity index (χ4n) is 2.66. The summed E-state index contributed by atoms with van der Waals surface area (Å²) in [7, 11) is 1.64.